The lowest BCUT2D eigenvalue weighted by molar-refractivity contribution is 1.61. The third-order valence-electron chi connectivity index (χ3n) is 1.12. The Hall–Kier alpha value is 0.0200. The van der Waals surface area contributed by atoms with Gasteiger partial charge in [0.1, 0.15) is 4.49 Å². The van der Waals surface area contributed by atoms with Crippen LogP contribution in [0, 0.1) is 0 Å². The quantitative estimate of drug-likeness (QED) is 0.701. The van der Waals surface area contributed by atoms with Gasteiger partial charge in [-0.05, 0) is 23.8 Å². The summed E-state index contributed by atoms with van der Waals surface area (Å²) in [5.74, 6) is 0. The lowest BCUT2D eigenvalue weighted by atomic mass is 10.2. The van der Waals surface area contributed by atoms with Crippen LogP contribution in [0.3, 0.4) is 0 Å². The predicted octanol–water partition coefficient (Wildman–Crippen LogP) is 4.23. The minimum atomic E-state index is 0.267. The van der Waals surface area contributed by atoms with Crippen LogP contribution in [-0.4, -0.2) is 0 Å². The second-order valence-corrected chi connectivity index (χ2v) is 3.91. The molecular weight excluding hydrogens is 247 g/mol. The van der Waals surface area contributed by atoms with E-state index in [9.17, 15) is 0 Å². The number of halogens is 3. The van der Waals surface area contributed by atoms with Crippen LogP contribution < -0.4 is 0 Å². The van der Waals surface area contributed by atoms with Crippen molar-refractivity contribution < 1.29 is 0 Å². The summed E-state index contributed by atoms with van der Waals surface area (Å²) in [6, 6.07) is 7.73. The van der Waals surface area contributed by atoms with E-state index in [1.54, 1.807) is 6.08 Å². The Morgan fingerprint density at radius 2 is 2.09 bits per heavy atom. The summed E-state index contributed by atoms with van der Waals surface area (Å²) in [5.41, 5.74) is 0.986. The standard InChI is InChI=1S/C8H5BrCl2/c9-7-3-1-2-6(4-7)5-8(10)11/h1-5H. The molecule has 1 aromatic carbocycles. The monoisotopic (exact) mass is 250 g/mol. The Balaban J connectivity index is 2.97. The molecule has 0 saturated carbocycles. The van der Waals surface area contributed by atoms with Crippen LogP contribution in [0.2, 0.25) is 0 Å². The van der Waals surface area contributed by atoms with Crippen molar-refractivity contribution >= 4 is 45.2 Å². The molecule has 0 nitrogen and oxygen atoms in total. The Morgan fingerprint density at radius 3 is 2.64 bits per heavy atom. The fourth-order valence-corrected chi connectivity index (χ4v) is 1.39. The number of hydrogen-bond acceptors (Lipinski definition) is 0. The average Bonchev–Trinajstić information content (AvgIpc) is 1.85. The first-order valence-electron chi connectivity index (χ1n) is 2.97. The van der Waals surface area contributed by atoms with Crippen LogP contribution in [0.5, 0.6) is 0 Å². The molecule has 0 heterocycles. The van der Waals surface area contributed by atoms with Crippen molar-refractivity contribution in [2.24, 2.45) is 0 Å². The fraction of sp³-hybridized carbons (Fsp3) is 0. The Kier molecular flexibility index (Phi) is 3.44. The largest absolute Gasteiger partial charge is 0.107 e. The topological polar surface area (TPSA) is 0 Å². The van der Waals surface area contributed by atoms with Gasteiger partial charge in [0.15, 0.2) is 0 Å². The summed E-state index contributed by atoms with van der Waals surface area (Å²) >= 11 is 14.3. The molecule has 0 N–H and O–H groups in total. The van der Waals surface area contributed by atoms with Crippen molar-refractivity contribution in [2.45, 2.75) is 0 Å². The van der Waals surface area contributed by atoms with Crippen LogP contribution in [0.25, 0.3) is 6.08 Å². The van der Waals surface area contributed by atoms with Crippen molar-refractivity contribution in [3.8, 4) is 0 Å². The lowest BCUT2D eigenvalue weighted by Crippen LogP contribution is -1.70. The van der Waals surface area contributed by atoms with E-state index in [0.717, 1.165) is 10.0 Å². The van der Waals surface area contributed by atoms with Gasteiger partial charge in [-0.25, -0.2) is 0 Å². The molecule has 0 radical (unpaired) electrons. The van der Waals surface area contributed by atoms with E-state index in [2.05, 4.69) is 15.9 Å². The maximum absolute atomic E-state index is 5.48. The van der Waals surface area contributed by atoms with Gasteiger partial charge in [0, 0.05) is 4.47 Å². The summed E-state index contributed by atoms with van der Waals surface area (Å²) in [6.45, 7) is 0. The highest BCUT2D eigenvalue weighted by atomic mass is 79.9. The molecule has 0 aliphatic heterocycles. The lowest BCUT2D eigenvalue weighted by Gasteiger charge is -1.93. The molecule has 0 bridgehead atoms. The zero-order valence-electron chi connectivity index (χ0n) is 5.52. The summed E-state index contributed by atoms with van der Waals surface area (Å²) in [7, 11) is 0. The van der Waals surface area contributed by atoms with Gasteiger partial charge in [-0.2, -0.15) is 0 Å². The maximum Gasteiger partial charge on any atom is 0.107 e. The number of rotatable bonds is 1. The molecule has 0 atom stereocenters. The first-order chi connectivity index (χ1) is 5.18. The molecule has 0 fully saturated rings. The first kappa shape index (κ1) is 9.11. The van der Waals surface area contributed by atoms with Gasteiger partial charge in [-0.3, -0.25) is 0 Å². The highest BCUT2D eigenvalue weighted by Crippen LogP contribution is 2.17. The number of benzene rings is 1. The van der Waals surface area contributed by atoms with Crippen molar-refractivity contribution in [1.82, 2.24) is 0 Å². The molecule has 1 rings (SSSR count). The van der Waals surface area contributed by atoms with E-state index in [4.69, 9.17) is 23.2 Å². The van der Waals surface area contributed by atoms with Gasteiger partial charge in [-0.15, -0.1) is 0 Å². The van der Waals surface area contributed by atoms with Crippen molar-refractivity contribution in [3.05, 3.63) is 38.8 Å². The highest BCUT2D eigenvalue weighted by molar-refractivity contribution is 9.10. The summed E-state index contributed by atoms with van der Waals surface area (Å²) in [6.07, 6.45) is 1.69. The molecule has 0 unspecified atom stereocenters. The van der Waals surface area contributed by atoms with Gasteiger partial charge in [0.2, 0.25) is 0 Å². The van der Waals surface area contributed by atoms with Gasteiger partial charge in [0.25, 0.3) is 0 Å². The van der Waals surface area contributed by atoms with E-state index in [0.29, 0.717) is 0 Å². The van der Waals surface area contributed by atoms with Gasteiger partial charge >= 0.3 is 0 Å². The van der Waals surface area contributed by atoms with Crippen LogP contribution in [0.15, 0.2) is 33.2 Å². The molecule has 0 aliphatic carbocycles. The van der Waals surface area contributed by atoms with Gasteiger partial charge in [0.05, 0.1) is 0 Å². The first-order valence-corrected chi connectivity index (χ1v) is 4.51. The van der Waals surface area contributed by atoms with E-state index in [1.165, 1.54) is 0 Å². The summed E-state index contributed by atoms with van der Waals surface area (Å²) in [5, 5.41) is 0. The molecule has 0 spiro atoms. The van der Waals surface area contributed by atoms with E-state index < -0.39 is 0 Å². The zero-order valence-corrected chi connectivity index (χ0v) is 8.62. The van der Waals surface area contributed by atoms with E-state index in [-0.39, 0.29) is 4.49 Å². The summed E-state index contributed by atoms with van der Waals surface area (Å²) in [4.78, 5) is 0. The Bertz CT molecular complexity index is 277. The van der Waals surface area contributed by atoms with Crippen LogP contribution in [0.1, 0.15) is 5.56 Å². The van der Waals surface area contributed by atoms with Crippen LogP contribution in [-0.2, 0) is 0 Å². The molecular formula is C8H5BrCl2. The molecule has 11 heavy (non-hydrogen) atoms. The average molecular weight is 252 g/mol. The Labute approximate surface area is 83.9 Å². The normalized spacial score (nSPS) is 9.36. The molecule has 0 aromatic heterocycles. The van der Waals surface area contributed by atoms with Crippen molar-refractivity contribution in [3.63, 3.8) is 0 Å². The molecule has 58 valence electrons. The molecule has 3 heteroatoms. The van der Waals surface area contributed by atoms with E-state index >= 15 is 0 Å². The van der Waals surface area contributed by atoms with Crippen LogP contribution >= 0.6 is 39.1 Å². The van der Waals surface area contributed by atoms with Gasteiger partial charge in [-0.1, -0.05) is 51.3 Å². The van der Waals surface area contributed by atoms with Crippen molar-refractivity contribution in [2.75, 3.05) is 0 Å². The predicted molar refractivity (Wildman–Crippen MR) is 53.8 cm³/mol. The highest BCUT2D eigenvalue weighted by Gasteiger charge is 1.90. The second-order valence-electron chi connectivity index (χ2n) is 1.99. The SMILES string of the molecule is ClC(Cl)=Cc1cccc(Br)c1. The number of hydrogen-bond donors (Lipinski definition) is 0. The Morgan fingerprint density at radius 1 is 1.36 bits per heavy atom. The molecule has 0 saturated heterocycles. The minimum absolute atomic E-state index is 0.267. The molecule has 1 aromatic rings. The van der Waals surface area contributed by atoms with E-state index in [1.807, 2.05) is 24.3 Å². The molecule has 0 amide bonds. The fourth-order valence-electron chi connectivity index (χ4n) is 0.722. The van der Waals surface area contributed by atoms with Crippen LogP contribution in [0.4, 0.5) is 0 Å². The zero-order chi connectivity index (χ0) is 8.27. The second kappa shape index (κ2) is 4.15. The van der Waals surface area contributed by atoms with Gasteiger partial charge < -0.3 is 0 Å². The van der Waals surface area contributed by atoms with Crippen molar-refractivity contribution in [1.29, 1.82) is 0 Å². The minimum Gasteiger partial charge on any atom is -0.0709 e. The maximum atomic E-state index is 5.48. The summed E-state index contributed by atoms with van der Waals surface area (Å²) < 4.78 is 1.28. The molecule has 0 aliphatic rings. The smallest absolute Gasteiger partial charge is 0.0709 e. The third kappa shape index (κ3) is 3.28. The third-order valence-corrected chi connectivity index (χ3v) is 1.84.